The van der Waals surface area contributed by atoms with Gasteiger partial charge in [0.15, 0.2) is 0 Å². The topological polar surface area (TPSA) is 59.0 Å². The summed E-state index contributed by atoms with van der Waals surface area (Å²) in [7, 11) is 1.81. The van der Waals surface area contributed by atoms with Crippen molar-refractivity contribution in [3.8, 4) is 0 Å². The van der Waals surface area contributed by atoms with Gasteiger partial charge in [-0.25, -0.2) is 0 Å². The Hall–Kier alpha value is -1.36. The summed E-state index contributed by atoms with van der Waals surface area (Å²) >= 11 is 0. The van der Waals surface area contributed by atoms with Crippen LogP contribution in [-0.2, 0) is 7.05 Å². The number of carbonyl (C=O) groups excluding carboxylic acids is 1. The van der Waals surface area contributed by atoms with E-state index in [-0.39, 0.29) is 11.9 Å². The number of hydrogen-bond donors (Lipinski definition) is 2. The van der Waals surface area contributed by atoms with E-state index in [1.54, 1.807) is 16.9 Å². The molecule has 0 spiro atoms. The van der Waals surface area contributed by atoms with Crippen LogP contribution in [0.2, 0.25) is 0 Å². The molecule has 1 aliphatic heterocycles. The SMILES string of the molecule is CC1CCC(NC(=O)c2ccn(C)n2)C(C)N1. The fourth-order valence-corrected chi connectivity index (χ4v) is 2.30. The molecule has 94 valence electrons. The first-order chi connectivity index (χ1) is 8.06. The Labute approximate surface area is 102 Å². The Balaban J connectivity index is 1.95. The van der Waals surface area contributed by atoms with E-state index in [1.807, 2.05) is 7.05 Å². The molecular weight excluding hydrogens is 216 g/mol. The van der Waals surface area contributed by atoms with Gasteiger partial charge >= 0.3 is 0 Å². The second kappa shape index (κ2) is 4.87. The number of aromatic nitrogens is 2. The van der Waals surface area contributed by atoms with Crippen molar-refractivity contribution in [3.05, 3.63) is 18.0 Å². The number of rotatable bonds is 2. The molecule has 1 aliphatic rings. The Morgan fingerprint density at radius 2 is 2.29 bits per heavy atom. The third kappa shape index (κ3) is 2.85. The molecule has 1 aromatic heterocycles. The first-order valence-electron chi connectivity index (χ1n) is 6.13. The summed E-state index contributed by atoms with van der Waals surface area (Å²) in [4.78, 5) is 11.9. The van der Waals surface area contributed by atoms with E-state index in [2.05, 4.69) is 29.6 Å². The van der Waals surface area contributed by atoms with Gasteiger partial charge in [0.1, 0.15) is 5.69 Å². The number of piperidine rings is 1. The minimum Gasteiger partial charge on any atom is -0.346 e. The normalized spacial score (nSPS) is 29.0. The molecule has 17 heavy (non-hydrogen) atoms. The Bertz CT molecular complexity index is 401. The molecule has 5 nitrogen and oxygen atoms in total. The fraction of sp³-hybridized carbons (Fsp3) is 0.667. The van der Waals surface area contributed by atoms with Crippen LogP contribution >= 0.6 is 0 Å². The van der Waals surface area contributed by atoms with Crippen molar-refractivity contribution >= 4 is 5.91 Å². The average Bonchev–Trinajstić information content (AvgIpc) is 2.69. The largest absolute Gasteiger partial charge is 0.346 e. The second-order valence-electron chi connectivity index (χ2n) is 4.89. The van der Waals surface area contributed by atoms with Crippen LogP contribution in [0.1, 0.15) is 37.2 Å². The molecule has 2 heterocycles. The maximum atomic E-state index is 11.9. The van der Waals surface area contributed by atoms with Crippen LogP contribution in [0.3, 0.4) is 0 Å². The predicted molar refractivity (Wildman–Crippen MR) is 65.8 cm³/mol. The molecule has 1 amide bonds. The first kappa shape index (κ1) is 12.1. The lowest BCUT2D eigenvalue weighted by atomic mass is 9.95. The molecule has 3 atom stereocenters. The summed E-state index contributed by atoms with van der Waals surface area (Å²) < 4.78 is 1.64. The van der Waals surface area contributed by atoms with Crippen LogP contribution in [0.5, 0.6) is 0 Å². The van der Waals surface area contributed by atoms with Crippen LogP contribution < -0.4 is 10.6 Å². The van der Waals surface area contributed by atoms with E-state index in [0.29, 0.717) is 17.8 Å². The van der Waals surface area contributed by atoms with E-state index >= 15 is 0 Å². The molecule has 2 N–H and O–H groups in total. The summed E-state index contributed by atoms with van der Waals surface area (Å²) in [5, 5.41) is 10.6. The molecule has 0 radical (unpaired) electrons. The summed E-state index contributed by atoms with van der Waals surface area (Å²) in [6.07, 6.45) is 3.89. The number of aryl methyl sites for hydroxylation is 1. The highest BCUT2D eigenvalue weighted by molar-refractivity contribution is 5.92. The highest BCUT2D eigenvalue weighted by Gasteiger charge is 2.26. The van der Waals surface area contributed by atoms with Gasteiger partial charge in [-0.1, -0.05) is 0 Å². The van der Waals surface area contributed by atoms with Gasteiger partial charge in [-0.15, -0.1) is 0 Å². The third-order valence-electron chi connectivity index (χ3n) is 3.32. The number of nitrogens with zero attached hydrogens (tertiary/aromatic N) is 2. The molecule has 0 aromatic carbocycles. The van der Waals surface area contributed by atoms with E-state index in [0.717, 1.165) is 12.8 Å². The van der Waals surface area contributed by atoms with Crippen LogP contribution in [0.4, 0.5) is 0 Å². The monoisotopic (exact) mass is 236 g/mol. The maximum Gasteiger partial charge on any atom is 0.272 e. The summed E-state index contributed by atoms with van der Waals surface area (Å²) in [5.74, 6) is -0.0844. The molecule has 0 aliphatic carbocycles. The van der Waals surface area contributed by atoms with Gasteiger partial charge in [0, 0.05) is 31.4 Å². The predicted octanol–water partition coefficient (Wildman–Crippen LogP) is 0.679. The van der Waals surface area contributed by atoms with E-state index in [4.69, 9.17) is 0 Å². The van der Waals surface area contributed by atoms with Crippen LogP contribution in [0.25, 0.3) is 0 Å². The highest BCUT2D eigenvalue weighted by atomic mass is 16.2. The van der Waals surface area contributed by atoms with Crippen molar-refractivity contribution in [2.75, 3.05) is 0 Å². The van der Waals surface area contributed by atoms with Crippen molar-refractivity contribution in [2.45, 2.75) is 44.8 Å². The van der Waals surface area contributed by atoms with Crippen molar-refractivity contribution in [2.24, 2.45) is 7.05 Å². The molecule has 2 rings (SSSR count). The van der Waals surface area contributed by atoms with Gasteiger partial charge in [-0.2, -0.15) is 5.10 Å². The van der Waals surface area contributed by atoms with Crippen LogP contribution in [0, 0.1) is 0 Å². The van der Waals surface area contributed by atoms with Crippen LogP contribution in [0.15, 0.2) is 12.3 Å². The highest BCUT2D eigenvalue weighted by Crippen LogP contribution is 2.13. The molecule has 1 saturated heterocycles. The minimum absolute atomic E-state index is 0.0844. The van der Waals surface area contributed by atoms with Crippen LogP contribution in [-0.4, -0.2) is 33.8 Å². The zero-order chi connectivity index (χ0) is 12.4. The number of hydrogen-bond acceptors (Lipinski definition) is 3. The molecule has 0 bridgehead atoms. The van der Waals surface area contributed by atoms with Crippen molar-refractivity contribution in [3.63, 3.8) is 0 Å². The Morgan fingerprint density at radius 1 is 1.53 bits per heavy atom. The van der Waals surface area contributed by atoms with Gasteiger partial charge in [0.2, 0.25) is 0 Å². The lowest BCUT2D eigenvalue weighted by molar-refractivity contribution is 0.0908. The summed E-state index contributed by atoms with van der Waals surface area (Å²) in [6.45, 7) is 4.28. The second-order valence-corrected chi connectivity index (χ2v) is 4.89. The number of nitrogens with one attached hydrogen (secondary N) is 2. The number of amides is 1. The van der Waals surface area contributed by atoms with E-state index in [9.17, 15) is 4.79 Å². The Morgan fingerprint density at radius 3 is 2.88 bits per heavy atom. The third-order valence-corrected chi connectivity index (χ3v) is 3.32. The Kier molecular flexibility index (Phi) is 3.47. The lowest BCUT2D eigenvalue weighted by Gasteiger charge is -2.34. The van der Waals surface area contributed by atoms with E-state index in [1.165, 1.54) is 0 Å². The molecule has 5 heteroatoms. The zero-order valence-electron chi connectivity index (χ0n) is 10.6. The first-order valence-corrected chi connectivity index (χ1v) is 6.13. The van der Waals surface area contributed by atoms with Gasteiger partial charge in [-0.3, -0.25) is 9.48 Å². The molecule has 1 fully saturated rings. The average molecular weight is 236 g/mol. The minimum atomic E-state index is -0.0844. The summed E-state index contributed by atoms with van der Waals surface area (Å²) in [6, 6.07) is 2.78. The molecule has 0 saturated carbocycles. The van der Waals surface area contributed by atoms with E-state index < -0.39 is 0 Å². The van der Waals surface area contributed by atoms with Gasteiger partial charge in [-0.05, 0) is 32.8 Å². The quantitative estimate of drug-likeness (QED) is 0.794. The molecular formula is C12H20N4O. The lowest BCUT2D eigenvalue weighted by Crippen LogP contribution is -2.54. The maximum absolute atomic E-state index is 11.9. The smallest absolute Gasteiger partial charge is 0.272 e. The van der Waals surface area contributed by atoms with Crippen molar-refractivity contribution in [1.82, 2.24) is 20.4 Å². The molecule has 1 aromatic rings. The van der Waals surface area contributed by atoms with Gasteiger partial charge in [0.05, 0.1) is 0 Å². The summed E-state index contributed by atoms with van der Waals surface area (Å²) in [5.41, 5.74) is 0.485. The van der Waals surface area contributed by atoms with Crippen molar-refractivity contribution in [1.29, 1.82) is 0 Å². The number of carbonyl (C=O) groups is 1. The van der Waals surface area contributed by atoms with Gasteiger partial charge in [0.25, 0.3) is 5.91 Å². The van der Waals surface area contributed by atoms with Crippen molar-refractivity contribution < 1.29 is 4.79 Å². The fourth-order valence-electron chi connectivity index (χ4n) is 2.30. The standard InChI is InChI=1S/C12H20N4O/c1-8-4-5-10(9(2)13-8)14-12(17)11-6-7-16(3)15-11/h6-10,13H,4-5H2,1-3H3,(H,14,17). The zero-order valence-corrected chi connectivity index (χ0v) is 10.6. The van der Waals surface area contributed by atoms with Gasteiger partial charge < -0.3 is 10.6 Å². The molecule has 3 unspecified atom stereocenters.